The van der Waals surface area contributed by atoms with Gasteiger partial charge >= 0.3 is 6.03 Å². The van der Waals surface area contributed by atoms with Gasteiger partial charge in [-0.05, 0) is 44.0 Å². The zero-order valence-electron chi connectivity index (χ0n) is 14.9. The summed E-state index contributed by atoms with van der Waals surface area (Å²) >= 11 is 0. The summed E-state index contributed by atoms with van der Waals surface area (Å²) in [5.74, 6) is 0. The third-order valence-electron chi connectivity index (χ3n) is 4.33. The van der Waals surface area contributed by atoms with Crippen LogP contribution in [0.1, 0.15) is 30.7 Å². The fraction of sp³-hybridized carbons (Fsp3) is 0.300. The Kier molecular flexibility index (Phi) is 5.03. The van der Waals surface area contributed by atoms with Crippen LogP contribution in [0, 0.1) is 6.92 Å². The predicted octanol–water partition coefficient (Wildman–Crippen LogP) is 4.43. The van der Waals surface area contributed by atoms with E-state index in [0.29, 0.717) is 13.1 Å². The zero-order chi connectivity index (χ0) is 17.8. The van der Waals surface area contributed by atoms with Gasteiger partial charge in [-0.25, -0.2) is 4.79 Å². The number of benzene rings is 2. The van der Waals surface area contributed by atoms with Crippen LogP contribution in [-0.4, -0.2) is 17.7 Å². The molecule has 1 aromatic heterocycles. The van der Waals surface area contributed by atoms with Crippen LogP contribution < -0.4 is 10.2 Å². The summed E-state index contributed by atoms with van der Waals surface area (Å²) in [7, 11) is 0. The van der Waals surface area contributed by atoms with Crippen LogP contribution in [0.4, 0.5) is 10.5 Å². The summed E-state index contributed by atoms with van der Waals surface area (Å²) in [5.41, 5.74) is 4.72. The van der Waals surface area contributed by atoms with Gasteiger partial charge in [0.05, 0.1) is 6.54 Å². The minimum atomic E-state index is -0.132. The minimum Gasteiger partial charge on any atom is -0.356 e. The second-order valence-electron chi connectivity index (χ2n) is 6.01. The van der Waals surface area contributed by atoms with Crippen molar-refractivity contribution in [1.29, 1.82) is 0 Å². The first-order valence-electron chi connectivity index (χ1n) is 8.62. The molecule has 3 rings (SSSR count). The summed E-state index contributed by atoms with van der Waals surface area (Å²) in [6, 6.07) is 13.8. The highest BCUT2D eigenvalue weighted by Crippen LogP contribution is 2.22. The highest BCUT2D eigenvalue weighted by molar-refractivity contribution is 5.93. The molecule has 2 aromatic carbocycles. The van der Waals surface area contributed by atoms with Crippen molar-refractivity contribution in [3.05, 3.63) is 59.3 Å². The molecule has 0 bridgehead atoms. The molecule has 130 valence electrons. The molecule has 3 aromatic rings. The highest BCUT2D eigenvalue weighted by atomic mass is 16.5. The van der Waals surface area contributed by atoms with Crippen LogP contribution in [0.5, 0.6) is 0 Å². The number of para-hydroxylation sites is 1. The smallest absolute Gasteiger partial charge is 0.322 e. The number of nitrogens with zero attached hydrogens (tertiary/aromatic N) is 2. The lowest BCUT2D eigenvalue weighted by Gasteiger charge is -2.23. The maximum Gasteiger partial charge on any atom is 0.322 e. The van der Waals surface area contributed by atoms with Crippen molar-refractivity contribution in [3.8, 4) is 0 Å². The van der Waals surface area contributed by atoms with Crippen molar-refractivity contribution in [3.63, 3.8) is 0 Å². The molecule has 0 saturated heterocycles. The summed E-state index contributed by atoms with van der Waals surface area (Å²) in [5, 5.41) is 8.00. The van der Waals surface area contributed by atoms with Crippen LogP contribution in [0.2, 0.25) is 0 Å². The number of hydrogen-bond acceptors (Lipinski definition) is 3. The van der Waals surface area contributed by atoms with E-state index in [-0.39, 0.29) is 6.03 Å². The first-order valence-corrected chi connectivity index (χ1v) is 8.62. The molecule has 5 heteroatoms. The number of aryl methyl sites for hydroxylation is 2. The lowest BCUT2D eigenvalue weighted by Crippen LogP contribution is -2.40. The number of hydrogen-bond donors (Lipinski definition) is 1. The van der Waals surface area contributed by atoms with Crippen LogP contribution in [0.3, 0.4) is 0 Å². The molecule has 5 nitrogen and oxygen atoms in total. The van der Waals surface area contributed by atoms with E-state index in [2.05, 4.69) is 23.5 Å². The van der Waals surface area contributed by atoms with E-state index in [1.807, 2.05) is 50.2 Å². The number of carbonyl (C=O) groups is 1. The Morgan fingerprint density at radius 1 is 1.20 bits per heavy atom. The van der Waals surface area contributed by atoms with E-state index >= 15 is 0 Å². The van der Waals surface area contributed by atoms with Crippen LogP contribution >= 0.6 is 0 Å². The zero-order valence-corrected chi connectivity index (χ0v) is 14.9. The molecular weight excluding hydrogens is 314 g/mol. The van der Waals surface area contributed by atoms with Gasteiger partial charge in [-0.1, -0.05) is 41.9 Å². The summed E-state index contributed by atoms with van der Waals surface area (Å²) < 4.78 is 5.33. The van der Waals surface area contributed by atoms with E-state index in [9.17, 15) is 4.79 Å². The lowest BCUT2D eigenvalue weighted by atomic mass is 10.1. The molecule has 0 fully saturated rings. The number of rotatable bonds is 5. The Labute approximate surface area is 147 Å². The number of nitrogens with one attached hydrogen (secondary N) is 1. The number of aromatic nitrogens is 1. The Morgan fingerprint density at radius 2 is 2.00 bits per heavy atom. The first kappa shape index (κ1) is 17.0. The number of carbonyl (C=O) groups excluding carboxylic acids is 1. The highest BCUT2D eigenvalue weighted by Gasteiger charge is 2.17. The van der Waals surface area contributed by atoms with E-state index in [0.717, 1.165) is 39.9 Å². The molecule has 0 aliphatic rings. The molecule has 2 amide bonds. The van der Waals surface area contributed by atoms with Crippen molar-refractivity contribution >= 4 is 22.7 Å². The Bertz CT molecular complexity index is 886. The maximum absolute atomic E-state index is 12.7. The standard InChI is InChI=1S/C20H23N3O2/c1-4-15-8-6-7-9-18(15)23(5-2)20(24)21-13-17-16-12-14(3)10-11-19(16)25-22-17/h6-12H,4-5,13H2,1-3H3,(H,21,24). The van der Waals surface area contributed by atoms with Crippen LogP contribution in [0.25, 0.3) is 11.0 Å². The molecule has 25 heavy (non-hydrogen) atoms. The second-order valence-corrected chi connectivity index (χ2v) is 6.01. The van der Waals surface area contributed by atoms with Gasteiger partial charge in [0, 0.05) is 17.6 Å². The van der Waals surface area contributed by atoms with Crippen molar-refractivity contribution in [2.75, 3.05) is 11.4 Å². The largest absolute Gasteiger partial charge is 0.356 e. The van der Waals surface area contributed by atoms with Crippen molar-refractivity contribution in [2.45, 2.75) is 33.7 Å². The average Bonchev–Trinajstić information content (AvgIpc) is 3.03. The third kappa shape index (κ3) is 3.50. The Morgan fingerprint density at radius 3 is 2.76 bits per heavy atom. The van der Waals surface area contributed by atoms with Gasteiger partial charge in [-0.15, -0.1) is 0 Å². The molecule has 0 atom stereocenters. The van der Waals surface area contributed by atoms with Gasteiger partial charge in [0.2, 0.25) is 0 Å². The topological polar surface area (TPSA) is 58.4 Å². The van der Waals surface area contributed by atoms with E-state index < -0.39 is 0 Å². The Hall–Kier alpha value is -2.82. The fourth-order valence-electron chi connectivity index (χ4n) is 2.98. The lowest BCUT2D eigenvalue weighted by molar-refractivity contribution is 0.246. The number of fused-ring (bicyclic) bond motifs is 1. The summed E-state index contributed by atoms with van der Waals surface area (Å²) in [6.45, 7) is 7.02. The first-order chi connectivity index (χ1) is 12.1. The van der Waals surface area contributed by atoms with E-state index in [1.165, 1.54) is 0 Å². The normalized spacial score (nSPS) is 10.8. The fourth-order valence-corrected chi connectivity index (χ4v) is 2.98. The molecule has 0 aliphatic carbocycles. The van der Waals surface area contributed by atoms with Crippen LogP contribution in [0.15, 0.2) is 47.0 Å². The molecule has 0 aliphatic heterocycles. The van der Waals surface area contributed by atoms with Crippen molar-refractivity contribution < 1.29 is 9.32 Å². The maximum atomic E-state index is 12.7. The molecular formula is C20H23N3O2. The predicted molar refractivity (Wildman–Crippen MR) is 99.8 cm³/mol. The van der Waals surface area contributed by atoms with Crippen molar-refractivity contribution in [2.24, 2.45) is 0 Å². The molecule has 0 radical (unpaired) electrons. The molecule has 0 saturated carbocycles. The van der Waals surface area contributed by atoms with Crippen LogP contribution in [-0.2, 0) is 13.0 Å². The molecule has 1 heterocycles. The van der Waals surface area contributed by atoms with E-state index in [4.69, 9.17) is 4.52 Å². The molecule has 1 N–H and O–H groups in total. The average molecular weight is 337 g/mol. The van der Waals surface area contributed by atoms with E-state index in [1.54, 1.807) is 4.90 Å². The summed E-state index contributed by atoms with van der Waals surface area (Å²) in [6.07, 6.45) is 0.882. The SMILES string of the molecule is CCc1ccccc1N(CC)C(=O)NCc1noc2ccc(C)cc12. The number of amides is 2. The number of anilines is 1. The van der Waals surface area contributed by atoms with Gasteiger partial charge in [0.25, 0.3) is 0 Å². The summed E-state index contributed by atoms with van der Waals surface area (Å²) in [4.78, 5) is 14.5. The Balaban J connectivity index is 1.77. The van der Waals surface area contributed by atoms with Crippen molar-refractivity contribution in [1.82, 2.24) is 10.5 Å². The molecule has 0 unspecified atom stereocenters. The van der Waals surface area contributed by atoms with Gasteiger partial charge < -0.3 is 9.84 Å². The van der Waals surface area contributed by atoms with Gasteiger partial charge in [0.1, 0.15) is 5.69 Å². The van der Waals surface area contributed by atoms with Gasteiger partial charge in [-0.3, -0.25) is 4.90 Å². The van der Waals surface area contributed by atoms with Gasteiger partial charge in [0.15, 0.2) is 5.58 Å². The third-order valence-corrected chi connectivity index (χ3v) is 4.33. The monoisotopic (exact) mass is 337 g/mol. The van der Waals surface area contributed by atoms with Gasteiger partial charge in [-0.2, -0.15) is 0 Å². The molecule has 0 spiro atoms. The second kappa shape index (κ2) is 7.38. The quantitative estimate of drug-likeness (QED) is 0.749. The minimum absolute atomic E-state index is 0.132. The number of urea groups is 1.